The molecule has 0 atom stereocenters. The molecule has 0 radical (unpaired) electrons. The third kappa shape index (κ3) is 2.62. The fraction of sp³-hybridized carbons (Fsp3) is 0.889. The Hall–Kier alpha value is -0.370. The summed E-state index contributed by atoms with van der Waals surface area (Å²) in [5.74, 6) is 0.185. The molecular formula is C9H16O2. The summed E-state index contributed by atoms with van der Waals surface area (Å²) in [5, 5.41) is 9.79. The first-order chi connectivity index (χ1) is 5.12. The quantitative estimate of drug-likeness (QED) is 0.674. The Morgan fingerprint density at radius 2 is 2.00 bits per heavy atom. The van der Waals surface area contributed by atoms with Gasteiger partial charge in [-0.2, -0.15) is 0 Å². The van der Waals surface area contributed by atoms with Crippen molar-refractivity contribution in [3.05, 3.63) is 0 Å². The Morgan fingerprint density at radius 1 is 1.45 bits per heavy atom. The van der Waals surface area contributed by atoms with Crippen LogP contribution in [-0.2, 0) is 4.79 Å². The molecule has 0 aromatic rings. The Morgan fingerprint density at radius 3 is 2.45 bits per heavy atom. The van der Waals surface area contributed by atoms with Gasteiger partial charge in [-0.3, -0.25) is 0 Å². The van der Waals surface area contributed by atoms with E-state index < -0.39 is 5.60 Å². The molecule has 0 spiro atoms. The highest BCUT2D eigenvalue weighted by molar-refractivity contribution is 5.75. The molecule has 1 N–H and O–H groups in total. The summed E-state index contributed by atoms with van der Waals surface area (Å²) in [6, 6.07) is 0. The van der Waals surface area contributed by atoms with E-state index in [1.54, 1.807) is 6.92 Å². The summed E-state index contributed by atoms with van der Waals surface area (Å²) in [4.78, 5) is 10.6. The second-order valence-electron chi connectivity index (χ2n) is 3.63. The molecule has 64 valence electrons. The lowest BCUT2D eigenvalue weighted by Crippen LogP contribution is -2.24. The van der Waals surface area contributed by atoms with E-state index in [4.69, 9.17) is 0 Å². The molecule has 11 heavy (non-hydrogen) atoms. The molecule has 1 aliphatic rings. The lowest BCUT2D eigenvalue weighted by molar-refractivity contribution is -0.118. The number of Topliss-reactive ketones (excluding diaryl/α,β-unsaturated/α-hetero) is 1. The van der Waals surface area contributed by atoms with Crippen LogP contribution in [0.3, 0.4) is 0 Å². The largest absolute Gasteiger partial charge is 0.390 e. The number of aliphatic hydroxyl groups is 1. The van der Waals surface area contributed by atoms with Gasteiger partial charge in [0.1, 0.15) is 5.78 Å². The van der Waals surface area contributed by atoms with Gasteiger partial charge in [0, 0.05) is 6.42 Å². The number of ketones is 1. The van der Waals surface area contributed by atoms with Crippen LogP contribution in [0.4, 0.5) is 0 Å². The van der Waals surface area contributed by atoms with Gasteiger partial charge in [-0.15, -0.1) is 0 Å². The molecule has 1 fully saturated rings. The number of carbonyl (C=O) groups is 1. The highest BCUT2D eigenvalue weighted by Crippen LogP contribution is 2.33. The topological polar surface area (TPSA) is 37.3 Å². The molecule has 1 aliphatic carbocycles. The number of carbonyl (C=O) groups excluding carboxylic acids is 1. The van der Waals surface area contributed by atoms with E-state index >= 15 is 0 Å². The van der Waals surface area contributed by atoms with Gasteiger partial charge in [-0.1, -0.05) is 12.8 Å². The van der Waals surface area contributed by atoms with Crippen LogP contribution in [0, 0.1) is 0 Å². The Labute approximate surface area is 67.6 Å². The first-order valence-corrected chi connectivity index (χ1v) is 4.34. The third-order valence-electron chi connectivity index (χ3n) is 2.48. The van der Waals surface area contributed by atoms with Crippen molar-refractivity contribution in [1.82, 2.24) is 0 Å². The van der Waals surface area contributed by atoms with Gasteiger partial charge in [0.15, 0.2) is 0 Å². The minimum absolute atomic E-state index is 0.185. The van der Waals surface area contributed by atoms with Crippen molar-refractivity contribution < 1.29 is 9.90 Å². The molecule has 0 amide bonds. The summed E-state index contributed by atoms with van der Waals surface area (Å²) in [7, 11) is 0. The van der Waals surface area contributed by atoms with E-state index in [9.17, 15) is 9.90 Å². The van der Waals surface area contributed by atoms with E-state index in [2.05, 4.69) is 0 Å². The van der Waals surface area contributed by atoms with E-state index in [-0.39, 0.29) is 5.78 Å². The van der Waals surface area contributed by atoms with Crippen molar-refractivity contribution in [3.63, 3.8) is 0 Å². The second-order valence-corrected chi connectivity index (χ2v) is 3.63. The van der Waals surface area contributed by atoms with Crippen LogP contribution >= 0.6 is 0 Å². The first-order valence-electron chi connectivity index (χ1n) is 4.34. The lowest BCUT2D eigenvalue weighted by atomic mass is 9.95. The van der Waals surface area contributed by atoms with Crippen LogP contribution in [0.2, 0.25) is 0 Å². The normalized spacial score (nSPS) is 22.0. The van der Waals surface area contributed by atoms with Crippen molar-refractivity contribution >= 4 is 5.78 Å². The fourth-order valence-corrected chi connectivity index (χ4v) is 1.69. The number of hydrogen-bond acceptors (Lipinski definition) is 2. The molecule has 0 unspecified atom stereocenters. The molecule has 0 heterocycles. The highest BCUT2D eigenvalue weighted by atomic mass is 16.3. The zero-order valence-electron chi connectivity index (χ0n) is 7.10. The van der Waals surface area contributed by atoms with Crippen LogP contribution in [-0.4, -0.2) is 16.5 Å². The molecule has 1 rings (SSSR count). The lowest BCUT2D eigenvalue weighted by Gasteiger charge is -2.20. The summed E-state index contributed by atoms with van der Waals surface area (Å²) < 4.78 is 0. The zero-order valence-corrected chi connectivity index (χ0v) is 7.10. The molecule has 0 aliphatic heterocycles. The predicted octanol–water partition coefficient (Wildman–Crippen LogP) is 1.66. The van der Waals surface area contributed by atoms with Crippen LogP contribution in [0.1, 0.15) is 45.4 Å². The van der Waals surface area contributed by atoms with E-state index in [0.717, 1.165) is 25.7 Å². The average Bonchev–Trinajstić information content (AvgIpc) is 2.33. The first kappa shape index (κ1) is 8.72. The van der Waals surface area contributed by atoms with E-state index in [1.807, 2.05) is 0 Å². The maximum atomic E-state index is 10.6. The maximum absolute atomic E-state index is 10.6. The summed E-state index contributed by atoms with van der Waals surface area (Å²) in [6.07, 6.45) is 5.22. The van der Waals surface area contributed by atoms with Crippen LogP contribution in [0.15, 0.2) is 0 Å². The third-order valence-corrected chi connectivity index (χ3v) is 2.48. The number of hydrogen-bond donors (Lipinski definition) is 1. The van der Waals surface area contributed by atoms with Gasteiger partial charge < -0.3 is 9.90 Å². The summed E-state index contributed by atoms with van der Waals surface area (Å²) in [5.41, 5.74) is -0.494. The Bertz CT molecular complexity index is 146. The van der Waals surface area contributed by atoms with Gasteiger partial charge in [0.05, 0.1) is 5.60 Å². The zero-order chi connectivity index (χ0) is 8.32. The number of rotatable bonds is 3. The molecule has 0 aromatic carbocycles. The van der Waals surface area contributed by atoms with Crippen molar-refractivity contribution in [1.29, 1.82) is 0 Å². The van der Waals surface area contributed by atoms with Crippen molar-refractivity contribution in [2.24, 2.45) is 0 Å². The molecule has 0 saturated heterocycles. The Kier molecular flexibility index (Phi) is 2.66. The van der Waals surface area contributed by atoms with Crippen LogP contribution in [0.25, 0.3) is 0 Å². The van der Waals surface area contributed by atoms with Gasteiger partial charge in [-0.05, 0) is 26.2 Å². The standard InChI is InChI=1S/C9H16O2/c1-8(10)4-7-9(11)5-2-3-6-9/h11H,2-7H2,1H3. The maximum Gasteiger partial charge on any atom is 0.129 e. The summed E-state index contributed by atoms with van der Waals surface area (Å²) in [6.45, 7) is 1.58. The van der Waals surface area contributed by atoms with Crippen molar-refractivity contribution in [2.75, 3.05) is 0 Å². The van der Waals surface area contributed by atoms with Crippen molar-refractivity contribution in [3.8, 4) is 0 Å². The smallest absolute Gasteiger partial charge is 0.129 e. The van der Waals surface area contributed by atoms with E-state index in [0.29, 0.717) is 12.8 Å². The average molecular weight is 156 g/mol. The summed E-state index contributed by atoms with van der Waals surface area (Å²) >= 11 is 0. The van der Waals surface area contributed by atoms with Crippen LogP contribution in [0.5, 0.6) is 0 Å². The molecule has 2 heteroatoms. The molecule has 0 aromatic heterocycles. The predicted molar refractivity (Wildman–Crippen MR) is 43.3 cm³/mol. The molecule has 1 saturated carbocycles. The van der Waals surface area contributed by atoms with Crippen molar-refractivity contribution in [2.45, 2.75) is 51.0 Å². The molecule has 0 bridgehead atoms. The molecule has 2 nitrogen and oxygen atoms in total. The van der Waals surface area contributed by atoms with Gasteiger partial charge in [0.2, 0.25) is 0 Å². The van der Waals surface area contributed by atoms with Gasteiger partial charge in [-0.25, -0.2) is 0 Å². The minimum Gasteiger partial charge on any atom is -0.390 e. The van der Waals surface area contributed by atoms with Gasteiger partial charge >= 0.3 is 0 Å². The SMILES string of the molecule is CC(=O)CCC1(O)CCCC1. The highest BCUT2D eigenvalue weighted by Gasteiger charge is 2.30. The second kappa shape index (κ2) is 3.35. The fourth-order valence-electron chi connectivity index (χ4n) is 1.69. The monoisotopic (exact) mass is 156 g/mol. The van der Waals surface area contributed by atoms with Gasteiger partial charge in [0.25, 0.3) is 0 Å². The molecular weight excluding hydrogens is 140 g/mol. The van der Waals surface area contributed by atoms with E-state index in [1.165, 1.54) is 0 Å². The minimum atomic E-state index is -0.494. The van der Waals surface area contributed by atoms with Crippen LogP contribution < -0.4 is 0 Å². The Balaban J connectivity index is 2.28.